The number of hydrogen-bond donors (Lipinski definition) is 0. The van der Waals surface area contributed by atoms with Crippen LogP contribution in [0.1, 0.15) is 112 Å². The molecule has 0 spiro atoms. The Morgan fingerprint density at radius 3 is 1.76 bits per heavy atom. The third kappa shape index (κ3) is 12.1. The minimum absolute atomic E-state index is 0.0571. The Morgan fingerprint density at radius 1 is 0.758 bits per heavy atom. The quantitative estimate of drug-likeness (QED) is 0.0970. The summed E-state index contributed by atoms with van der Waals surface area (Å²) in [4.78, 5) is 25.2. The van der Waals surface area contributed by atoms with Gasteiger partial charge in [-0.1, -0.05) is 89.7 Å². The Bertz CT molecular complexity index is 681. The first kappa shape index (κ1) is 29.0. The zero-order valence-electron chi connectivity index (χ0n) is 21.6. The second kappa shape index (κ2) is 16.6. The Kier molecular flexibility index (Phi) is 14.5. The van der Waals surface area contributed by atoms with Gasteiger partial charge in [-0.15, -0.1) is 0 Å². The topological polar surface area (TPSA) is 61.8 Å². The minimum Gasteiger partial charge on any atom is -0.487 e. The summed E-state index contributed by atoms with van der Waals surface area (Å²) in [6, 6.07) is 6.96. The van der Waals surface area contributed by atoms with Crippen LogP contribution in [0, 0.1) is 5.41 Å². The average Bonchev–Trinajstić information content (AvgIpc) is 2.77. The van der Waals surface area contributed by atoms with Crippen molar-refractivity contribution in [3.63, 3.8) is 0 Å². The predicted octanol–water partition coefficient (Wildman–Crippen LogP) is 7.65. The molecule has 0 N–H and O–H groups in total. The molecule has 0 aliphatic heterocycles. The van der Waals surface area contributed by atoms with Crippen LogP contribution in [-0.4, -0.2) is 24.6 Å². The molecular weight excluding hydrogens is 416 g/mol. The summed E-state index contributed by atoms with van der Waals surface area (Å²) in [7, 11) is 0. The maximum atomic E-state index is 12.7. The molecule has 0 aliphatic rings. The normalized spacial score (nSPS) is 11.5. The molecule has 1 aromatic rings. The molecular formula is C28H46O5. The molecule has 5 heteroatoms. The first-order valence-corrected chi connectivity index (χ1v) is 12.9. The number of carbonyl (C=O) groups excluding carboxylic acids is 2. The second-order valence-electron chi connectivity index (χ2n) is 9.65. The fourth-order valence-corrected chi connectivity index (χ4v) is 3.48. The van der Waals surface area contributed by atoms with E-state index in [1.807, 2.05) is 19.9 Å². The maximum Gasteiger partial charge on any atom is 0.328 e. The van der Waals surface area contributed by atoms with E-state index in [9.17, 15) is 9.59 Å². The number of esters is 2. The minimum atomic E-state index is -1.39. The molecule has 0 fully saturated rings. The first-order chi connectivity index (χ1) is 15.8. The molecule has 0 amide bonds. The Morgan fingerprint density at radius 2 is 1.24 bits per heavy atom. The fourth-order valence-electron chi connectivity index (χ4n) is 3.48. The van der Waals surface area contributed by atoms with Crippen molar-refractivity contribution in [2.75, 3.05) is 6.61 Å². The molecule has 0 aliphatic carbocycles. The Hall–Kier alpha value is -2.04. The molecule has 5 nitrogen and oxygen atoms in total. The van der Waals surface area contributed by atoms with Crippen LogP contribution in [-0.2, 0) is 14.3 Å². The summed E-state index contributed by atoms with van der Waals surface area (Å²) in [5, 5.41) is 0. The van der Waals surface area contributed by atoms with E-state index in [2.05, 4.69) is 6.92 Å². The number of rotatable bonds is 18. The lowest BCUT2D eigenvalue weighted by Crippen LogP contribution is -2.38. The largest absolute Gasteiger partial charge is 0.487 e. The lowest BCUT2D eigenvalue weighted by Gasteiger charge is -2.22. The van der Waals surface area contributed by atoms with E-state index in [0.717, 1.165) is 19.3 Å². The van der Waals surface area contributed by atoms with Gasteiger partial charge >= 0.3 is 11.9 Å². The molecule has 0 bridgehead atoms. The van der Waals surface area contributed by atoms with Gasteiger partial charge in [0.1, 0.15) is 0 Å². The fraction of sp³-hybridized carbons (Fsp3) is 0.714. The summed E-state index contributed by atoms with van der Waals surface area (Å²) >= 11 is 0. The van der Waals surface area contributed by atoms with Crippen LogP contribution in [0.4, 0.5) is 0 Å². The van der Waals surface area contributed by atoms with E-state index in [1.54, 1.807) is 18.2 Å². The highest BCUT2D eigenvalue weighted by Crippen LogP contribution is 2.30. The molecule has 0 atom stereocenters. The molecule has 0 radical (unpaired) electrons. The van der Waals surface area contributed by atoms with Crippen LogP contribution in [0.5, 0.6) is 11.5 Å². The van der Waals surface area contributed by atoms with Crippen molar-refractivity contribution in [1.29, 1.82) is 0 Å². The Labute approximate surface area is 201 Å². The lowest BCUT2D eigenvalue weighted by molar-refractivity contribution is -0.164. The van der Waals surface area contributed by atoms with Gasteiger partial charge in [0.15, 0.2) is 16.9 Å². The van der Waals surface area contributed by atoms with Crippen molar-refractivity contribution in [3.8, 4) is 11.5 Å². The van der Waals surface area contributed by atoms with Gasteiger partial charge in [-0.2, -0.15) is 0 Å². The maximum absolute atomic E-state index is 12.7. The SMILES string of the molecule is CCCCCCCCCCCCCCOC(=O)C(C)(C)C(=O)Oc1ccccc1OC(C)C. The molecule has 0 unspecified atom stereocenters. The molecule has 0 heterocycles. The number of ether oxygens (including phenoxy) is 3. The predicted molar refractivity (Wildman–Crippen MR) is 134 cm³/mol. The van der Waals surface area contributed by atoms with Crippen molar-refractivity contribution in [3.05, 3.63) is 24.3 Å². The van der Waals surface area contributed by atoms with Crippen molar-refractivity contribution in [2.24, 2.45) is 5.41 Å². The van der Waals surface area contributed by atoms with Crippen LogP contribution >= 0.6 is 0 Å². The number of hydrogen-bond acceptors (Lipinski definition) is 5. The van der Waals surface area contributed by atoms with E-state index >= 15 is 0 Å². The Balaban J connectivity index is 2.23. The summed E-state index contributed by atoms with van der Waals surface area (Å²) in [6.07, 6.45) is 14.9. The zero-order valence-corrected chi connectivity index (χ0v) is 21.6. The van der Waals surface area contributed by atoms with Crippen LogP contribution in [0.3, 0.4) is 0 Å². The number of unbranched alkanes of at least 4 members (excludes halogenated alkanes) is 11. The second-order valence-corrected chi connectivity index (χ2v) is 9.65. The number of carbonyl (C=O) groups is 2. The van der Waals surface area contributed by atoms with Gasteiger partial charge < -0.3 is 14.2 Å². The van der Waals surface area contributed by atoms with E-state index in [-0.39, 0.29) is 6.10 Å². The molecule has 0 aromatic heterocycles. The zero-order chi connectivity index (χ0) is 24.5. The van der Waals surface area contributed by atoms with Crippen molar-refractivity contribution >= 4 is 11.9 Å². The van der Waals surface area contributed by atoms with Crippen LogP contribution in [0.15, 0.2) is 24.3 Å². The molecule has 33 heavy (non-hydrogen) atoms. The third-order valence-electron chi connectivity index (χ3n) is 5.67. The van der Waals surface area contributed by atoms with Crippen LogP contribution in [0.25, 0.3) is 0 Å². The summed E-state index contributed by atoms with van der Waals surface area (Å²) in [6.45, 7) is 9.45. The van der Waals surface area contributed by atoms with Gasteiger partial charge in [-0.05, 0) is 46.2 Å². The standard InChI is InChI=1S/C28H46O5/c1-6-7-8-9-10-11-12-13-14-15-16-19-22-31-26(29)28(4,5)27(30)33-25-21-18-17-20-24(25)32-23(2)3/h17-18,20-21,23H,6-16,19,22H2,1-5H3. The van der Waals surface area contributed by atoms with Gasteiger partial charge in [0, 0.05) is 0 Å². The van der Waals surface area contributed by atoms with Crippen molar-refractivity contribution < 1.29 is 23.8 Å². The smallest absolute Gasteiger partial charge is 0.328 e. The van der Waals surface area contributed by atoms with Crippen molar-refractivity contribution in [1.82, 2.24) is 0 Å². The summed E-state index contributed by atoms with van der Waals surface area (Å²) in [5.41, 5.74) is -1.39. The molecule has 188 valence electrons. The first-order valence-electron chi connectivity index (χ1n) is 12.9. The highest BCUT2D eigenvalue weighted by Gasteiger charge is 2.40. The van der Waals surface area contributed by atoms with E-state index < -0.39 is 17.4 Å². The van der Waals surface area contributed by atoms with E-state index in [1.165, 1.54) is 71.6 Å². The van der Waals surface area contributed by atoms with Crippen LogP contribution in [0.2, 0.25) is 0 Å². The highest BCUT2D eigenvalue weighted by atomic mass is 16.6. The molecule has 1 aromatic carbocycles. The molecule has 0 saturated heterocycles. The summed E-state index contributed by atoms with van der Waals surface area (Å²) < 4.78 is 16.5. The van der Waals surface area contributed by atoms with Gasteiger partial charge in [-0.25, -0.2) is 0 Å². The average molecular weight is 463 g/mol. The van der Waals surface area contributed by atoms with Crippen molar-refractivity contribution in [2.45, 2.75) is 118 Å². The number of benzene rings is 1. The molecule has 1 rings (SSSR count). The van der Waals surface area contributed by atoms with Crippen LogP contribution < -0.4 is 9.47 Å². The van der Waals surface area contributed by atoms with Gasteiger partial charge in [0.25, 0.3) is 0 Å². The van der Waals surface area contributed by atoms with Gasteiger partial charge in [0.2, 0.25) is 0 Å². The lowest BCUT2D eigenvalue weighted by atomic mass is 9.94. The third-order valence-corrected chi connectivity index (χ3v) is 5.67. The molecule has 0 saturated carbocycles. The van der Waals surface area contributed by atoms with E-state index in [0.29, 0.717) is 18.1 Å². The van der Waals surface area contributed by atoms with Gasteiger partial charge in [0.05, 0.1) is 12.7 Å². The highest BCUT2D eigenvalue weighted by molar-refractivity contribution is 6.00. The number of para-hydroxylation sites is 2. The summed E-state index contributed by atoms with van der Waals surface area (Å²) in [5.74, 6) is -0.431. The monoisotopic (exact) mass is 462 g/mol. The van der Waals surface area contributed by atoms with E-state index in [4.69, 9.17) is 14.2 Å². The van der Waals surface area contributed by atoms with Gasteiger partial charge in [-0.3, -0.25) is 9.59 Å².